The lowest BCUT2D eigenvalue weighted by Crippen LogP contribution is -2.63. The number of ketones is 1. The van der Waals surface area contributed by atoms with Crippen molar-refractivity contribution in [2.24, 2.45) is 41.2 Å². The molecule has 5 fully saturated rings. The predicted octanol–water partition coefficient (Wildman–Crippen LogP) is 3.98. The lowest BCUT2D eigenvalue weighted by molar-refractivity contribution is -0.138. The molecule has 5 heteroatoms. The molecule has 0 aromatic carbocycles. The Labute approximate surface area is 191 Å². The summed E-state index contributed by atoms with van der Waals surface area (Å²) in [4.78, 5) is 28.3. The van der Waals surface area contributed by atoms with Crippen LogP contribution in [0.3, 0.4) is 0 Å². The Hall–Kier alpha value is -1.62. The normalized spacial score (nSPS) is 46.1. The quantitative estimate of drug-likeness (QED) is 0.677. The van der Waals surface area contributed by atoms with Crippen molar-refractivity contribution >= 4 is 11.7 Å². The summed E-state index contributed by atoms with van der Waals surface area (Å²) in [6.07, 6.45) is 19.3. The topological polar surface area (TPSA) is 72.6 Å². The number of carbonyl (C=O) groups excluding carboxylic acids is 2. The van der Waals surface area contributed by atoms with Gasteiger partial charge in [0.25, 0.3) is 0 Å². The number of rotatable bonds is 3. The van der Waals surface area contributed by atoms with Crippen molar-refractivity contribution in [3.63, 3.8) is 0 Å². The zero-order chi connectivity index (χ0) is 21.9. The van der Waals surface area contributed by atoms with Crippen molar-refractivity contribution in [1.82, 2.24) is 4.90 Å². The summed E-state index contributed by atoms with van der Waals surface area (Å²) >= 11 is 0. The molecule has 0 aromatic heterocycles. The second kappa shape index (κ2) is 8.00. The molecule has 2 N–H and O–H groups in total. The number of primary amides is 1. The van der Waals surface area contributed by atoms with Crippen LogP contribution >= 0.6 is 0 Å². The van der Waals surface area contributed by atoms with Crippen LogP contribution in [0.25, 0.3) is 0 Å². The molecular weight excluding hydrogens is 400 g/mol. The van der Waals surface area contributed by atoms with Gasteiger partial charge in [-0.15, -0.1) is 0 Å². The monoisotopic (exact) mass is 438 g/mol. The van der Waals surface area contributed by atoms with E-state index in [4.69, 9.17) is 10.5 Å². The van der Waals surface area contributed by atoms with Crippen molar-refractivity contribution in [1.29, 1.82) is 0 Å². The fraction of sp³-hybridized carbons (Fsp3) is 0.778. The van der Waals surface area contributed by atoms with Crippen LogP contribution in [0.4, 0.5) is 0 Å². The van der Waals surface area contributed by atoms with E-state index in [1.165, 1.54) is 51.4 Å². The molecule has 4 aliphatic carbocycles. The van der Waals surface area contributed by atoms with Gasteiger partial charge in [0.05, 0.1) is 6.26 Å². The van der Waals surface area contributed by atoms with E-state index in [0.717, 1.165) is 48.3 Å². The molecule has 1 saturated heterocycles. The first-order valence-corrected chi connectivity index (χ1v) is 13.2. The summed E-state index contributed by atoms with van der Waals surface area (Å²) in [6.45, 7) is 1.11. The van der Waals surface area contributed by atoms with Crippen LogP contribution in [0.1, 0.15) is 70.6 Å². The molecule has 0 bridgehead atoms. The third-order valence-electron chi connectivity index (χ3n) is 10.5. The van der Waals surface area contributed by atoms with Crippen molar-refractivity contribution in [2.45, 2.75) is 82.2 Å². The van der Waals surface area contributed by atoms with Gasteiger partial charge >= 0.3 is 0 Å². The first-order valence-electron chi connectivity index (χ1n) is 13.2. The number of hydrogen-bond donors (Lipinski definition) is 1. The predicted molar refractivity (Wildman–Crippen MR) is 122 cm³/mol. The summed E-state index contributed by atoms with van der Waals surface area (Å²) < 4.78 is 5.50. The van der Waals surface area contributed by atoms with Gasteiger partial charge < -0.3 is 10.5 Å². The van der Waals surface area contributed by atoms with Gasteiger partial charge in [-0.25, -0.2) is 0 Å². The largest absolute Gasteiger partial charge is 0.497 e. The highest BCUT2D eigenvalue weighted by molar-refractivity contribution is 6.15. The lowest BCUT2D eigenvalue weighted by Gasteiger charge is -2.54. The molecule has 2 aliphatic heterocycles. The van der Waals surface area contributed by atoms with Gasteiger partial charge in [0, 0.05) is 24.6 Å². The average Bonchev–Trinajstić information content (AvgIpc) is 3.44. The number of nitrogens with zero attached hydrogens (tertiary/aromatic N) is 1. The van der Waals surface area contributed by atoms with E-state index >= 15 is 0 Å². The molecule has 2 heterocycles. The van der Waals surface area contributed by atoms with E-state index < -0.39 is 11.4 Å². The zero-order valence-corrected chi connectivity index (χ0v) is 19.2. The molecule has 174 valence electrons. The molecule has 0 radical (unpaired) electrons. The van der Waals surface area contributed by atoms with E-state index in [1.54, 1.807) is 6.26 Å². The van der Waals surface area contributed by atoms with Gasteiger partial charge in [-0.05, 0) is 93.0 Å². The molecule has 1 amide bonds. The summed E-state index contributed by atoms with van der Waals surface area (Å²) in [7, 11) is 0. The maximum absolute atomic E-state index is 13.2. The van der Waals surface area contributed by atoms with Gasteiger partial charge in [0.2, 0.25) is 5.91 Å². The van der Waals surface area contributed by atoms with Gasteiger partial charge in [0.1, 0.15) is 6.61 Å². The van der Waals surface area contributed by atoms with Crippen molar-refractivity contribution in [3.8, 4) is 0 Å². The molecule has 5 nitrogen and oxygen atoms in total. The Balaban J connectivity index is 1.23. The van der Waals surface area contributed by atoms with Crippen LogP contribution in [-0.4, -0.2) is 41.3 Å². The number of carbonyl (C=O) groups is 2. The van der Waals surface area contributed by atoms with E-state index in [9.17, 15) is 9.59 Å². The summed E-state index contributed by atoms with van der Waals surface area (Å²) in [6, 6.07) is 0.255. The second-order valence-corrected chi connectivity index (χ2v) is 11.5. The number of amides is 1. The van der Waals surface area contributed by atoms with Crippen LogP contribution in [0, 0.1) is 35.5 Å². The van der Waals surface area contributed by atoms with Crippen molar-refractivity contribution < 1.29 is 14.3 Å². The molecule has 0 aromatic rings. The number of hydrogen-bond acceptors (Lipinski definition) is 4. The summed E-state index contributed by atoms with van der Waals surface area (Å²) in [5.74, 6) is 4.93. The fourth-order valence-electron chi connectivity index (χ4n) is 9.28. The molecular formula is C27H38N2O3. The second-order valence-electron chi connectivity index (χ2n) is 11.5. The van der Waals surface area contributed by atoms with Crippen molar-refractivity contribution in [2.75, 3.05) is 13.2 Å². The summed E-state index contributed by atoms with van der Waals surface area (Å²) in [5.41, 5.74) is 5.28. The standard InChI is InChI=1S/C27H38N2O3/c28-26(31)27(19-4-2-14-32-16-19)25(30)12-13-29(27)20-8-11-22-18(15-20)7-10-23-21-5-1-3-17(21)6-9-24(22)23/h2,4,16-18,20-24H,1,3,5-15H2,(H2,28,31). The number of likely N-dealkylation sites (tertiary alicyclic amines) is 1. The third-order valence-corrected chi connectivity index (χ3v) is 10.5. The minimum Gasteiger partial charge on any atom is -0.497 e. The SMILES string of the molecule is NC(=O)C1(C2=COCC=C2)C(=O)CCN1C1CCC2C(CCC3C4CCCC4CCC23)C1. The average molecular weight is 439 g/mol. The Kier molecular flexibility index (Phi) is 5.24. The Morgan fingerprint density at radius 1 is 0.969 bits per heavy atom. The highest BCUT2D eigenvalue weighted by Gasteiger charge is 2.59. The minimum atomic E-state index is -1.34. The number of ether oxygens (including phenoxy) is 1. The minimum absolute atomic E-state index is 0.0585. The van der Waals surface area contributed by atoms with Crippen LogP contribution < -0.4 is 5.73 Å². The van der Waals surface area contributed by atoms with Crippen LogP contribution in [0.5, 0.6) is 0 Å². The molecule has 4 saturated carbocycles. The molecule has 6 aliphatic rings. The fourth-order valence-corrected chi connectivity index (χ4v) is 9.28. The van der Waals surface area contributed by atoms with E-state index in [-0.39, 0.29) is 11.8 Å². The molecule has 0 spiro atoms. The molecule has 8 atom stereocenters. The zero-order valence-electron chi connectivity index (χ0n) is 19.2. The molecule has 8 unspecified atom stereocenters. The molecule has 32 heavy (non-hydrogen) atoms. The Bertz CT molecular complexity index is 850. The van der Waals surface area contributed by atoms with E-state index in [1.807, 2.05) is 12.2 Å². The number of Topliss-reactive ketones (excluding diaryl/α,β-unsaturated/α-hetero) is 1. The van der Waals surface area contributed by atoms with E-state index in [2.05, 4.69) is 4.90 Å². The maximum Gasteiger partial charge on any atom is 0.250 e. The smallest absolute Gasteiger partial charge is 0.250 e. The van der Waals surface area contributed by atoms with Crippen molar-refractivity contribution in [3.05, 3.63) is 24.0 Å². The highest BCUT2D eigenvalue weighted by Crippen LogP contribution is 2.58. The van der Waals surface area contributed by atoms with Gasteiger partial charge in [0.15, 0.2) is 11.3 Å². The Morgan fingerprint density at radius 2 is 1.72 bits per heavy atom. The lowest BCUT2D eigenvalue weighted by atomic mass is 9.53. The van der Waals surface area contributed by atoms with Crippen LogP contribution in [0.2, 0.25) is 0 Å². The van der Waals surface area contributed by atoms with Crippen LogP contribution in [-0.2, 0) is 14.3 Å². The molecule has 6 rings (SSSR count). The third kappa shape index (κ3) is 2.99. The highest BCUT2D eigenvalue weighted by atomic mass is 16.5. The first kappa shape index (κ1) is 20.9. The Morgan fingerprint density at radius 3 is 2.47 bits per heavy atom. The van der Waals surface area contributed by atoms with Gasteiger partial charge in [-0.3, -0.25) is 14.5 Å². The van der Waals surface area contributed by atoms with Gasteiger partial charge in [-0.1, -0.05) is 18.9 Å². The summed E-state index contributed by atoms with van der Waals surface area (Å²) in [5, 5.41) is 0. The van der Waals surface area contributed by atoms with E-state index in [0.29, 0.717) is 25.1 Å². The van der Waals surface area contributed by atoms with Gasteiger partial charge in [-0.2, -0.15) is 0 Å². The number of fused-ring (bicyclic) bond motifs is 5. The number of nitrogens with two attached hydrogens (primary N) is 1. The first-order chi connectivity index (χ1) is 15.6. The maximum atomic E-state index is 13.2. The van der Waals surface area contributed by atoms with Crippen LogP contribution in [0.15, 0.2) is 24.0 Å².